The predicted octanol–water partition coefficient (Wildman–Crippen LogP) is 9.87. The van der Waals surface area contributed by atoms with Gasteiger partial charge in [0.2, 0.25) is 23.6 Å². The molecule has 1 aliphatic carbocycles. The molecule has 5 aromatic heterocycles. The van der Waals surface area contributed by atoms with E-state index in [1.54, 1.807) is 71.3 Å². The van der Waals surface area contributed by atoms with Gasteiger partial charge in [-0.05, 0) is 149 Å². The van der Waals surface area contributed by atoms with Crippen LogP contribution in [0.15, 0.2) is 121 Å². The summed E-state index contributed by atoms with van der Waals surface area (Å²) in [6, 6.07) is 8.95. The number of ketones is 3. The normalized spacial score (nSPS) is 26.5. The van der Waals surface area contributed by atoms with E-state index in [4.69, 9.17) is 44.3 Å². The average molecular weight is 1800 g/mol. The minimum atomic E-state index is -1.11. The number of piperidine rings is 1. The molecule has 7 N–H and O–H groups in total. The molecule has 0 spiro atoms. The summed E-state index contributed by atoms with van der Waals surface area (Å²) in [6.07, 6.45) is 24.4. The highest BCUT2D eigenvalue weighted by Gasteiger charge is 2.45. The van der Waals surface area contributed by atoms with Gasteiger partial charge < -0.3 is 84.1 Å². The molecule has 11 heterocycles. The first-order chi connectivity index (χ1) is 63.3. The first kappa shape index (κ1) is 97.4. The molecule has 4 amide bonds. The molecule has 704 valence electrons. The van der Waals surface area contributed by atoms with Crippen LogP contribution in [-0.2, 0) is 88.0 Å². The number of rotatable bonds is 25. The molecule has 1 aromatic carbocycles. The number of piperazine rings is 2. The number of carbonyl (C=O) groups excluding carboxylic acids is 8. The Bertz CT molecular complexity index is 5050. The first-order valence-electron chi connectivity index (χ1n) is 46.5. The van der Waals surface area contributed by atoms with E-state index in [1.165, 1.54) is 11.2 Å². The van der Waals surface area contributed by atoms with Crippen LogP contribution in [0.25, 0.3) is 11.0 Å². The summed E-state index contributed by atoms with van der Waals surface area (Å²) in [7, 11) is 3.20. The molecule has 2 unspecified atom stereocenters. The second-order valence-corrected chi connectivity index (χ2v) is 36.1. The third-order valence-electron chi connectivity index (χ3n) is 26.6. The van der Waals surface area contributed by atoms with Crippen molar-refractivity contribution in [2.24, 2.45) is 29.6 Å². The van der Waals surface area contributed by atoms with Crippen molar-refractivity contribution in [1.82, 2.24) is 64.8 Å². The third-order valence-corrected chi connectivity index (χ3v) is 26.6. The van der Waals surface area contributed by atoms with Gasteiger partial charge in [-0.25, -0.2) is 44.5 Å². The summed E-state index contributed by atoms with van der Waals surface area (Å²) in [5, 5.41) is 27.4. The van der Waals surface area contributed by atoms with Crippen LogP contribution in [0.4, 0.5) is 28.3 Å². The lowest BCUT2D eigenvalue weighted by Crippen LogP contribution is -2.55. The molecule has 4 saturated heterocycles. The van der Waals surface area contributed by atoms with E-state index in [1.807, 2.05) is 91.0 Å². The molecule has 6 aliphatic heterocycles. The maximum Gasteiger partial charge on any atom is 0.407 e. The quantitative estimate of drug-likeness (QED) is 0.0102. The van der Waals surface area contributed by atoms with Gasteiger partial charge in [0.15, 0.2) is 0 Å². The van der Waals surface area contributed by atoms with Crippen molar-refractivity contribution in [2.75, 3.05) is 133 Å². The number of hydrogen-bond donors (Lipinski definition) is 6. The van der Waals surface area contributed by atoms with Gasteiger partial charge in [0.25, 0.3) is 11.8 Å². The van der Waals surface area contributed by atoms with E-state index < -0.39 is 66.2 Å². The zero-order valence-corrected chi connectivity index (χ0v) is 76.9. The SMILES string of the molecule is CO[C@H]1CC2CC[C@@H](C)C(O2)C(=O)C(=O)N2CCCC[C@H]2C(=O)O[C@H](CC[C@@H]2CC[C@@H](OC(=O)NCc3cnc(N4CCN(C(=O)CCOCCOCCN5CCN(c6ncc(C(=O)N7CCc8cc(CNc9ncnc(N)c9C(=N)c9cnc%10[nH]ccc%10c9)ccc8C7)cn6)CC5)CC4)nc3)[C@H](OC)C2)CC(=O)[C@H](C)/C=C(\C)[C@@H](O)CC(=O)[C@H](C)C[C@H](C)/C=C/C=C/C=C/1C. The van der Waals surface area contributed by atoms with E-state index in [0.29, 0.717) is 182 Å². The number of nitrogens with one attached hydrogen (secondary N) is 4. The van der Waals surface area contributed by atoms with Crippen molar-refractivity contribution in [3.8, 4) is 0 Å². The van der Waals surface area contributed by atoms with Gasteiger partial charge >= 0.3 is 12.1 Å². The van der Waals surface area contributed by atoms with Gasteiger partial charge in [-0.15, -0.1) is 0 Å². The number of Topliss-reactive ketones (excluding diaryl/α,β-unsaturated/α-hetero) is 3. The molecule has 1 saturated carbocycles. The maximum atomic E-state index is 14.6. The number of aliphatic hydroxyl groups is 1. The number of allylic oxidation sites excluding steroid dienone is 6. The summed E-state index contributed by atoms with van der Waals surface area (Å²) in [6.45, 7) is 20.4. The van der Waals surface area contributed by atoms with Gasteiger partial charge in [0, 0.05) is 191 Å². The van der Waals surface area contributed by atoms with Crippen LogP contribution in [0.2, 0.25) is 0 Å². The van der Waals surface area contributed by atoms with E-state index >= 15 is 0 Å². The van der Waals surface area contributed by atoms with Crippen molar-refractivity contribution in [3.05, 3.63) is 160 Å². The summed E-state index contributed by atoms with van der Waals surface area (Å²) >= 11 is 0. The van der Waals surface area contributed by atoms with Gasteiger partial charge in [-0.1, -0.05) is 82.4 Å². The zero-order chi connectivity index (χ0) is 92.6. The lowest BCUT2D eigenvalue weighted by Gasteiger charge is -2.38. The Morgan fingerprint density at radius 3 is 2.18 bits per heavy atom. The van der Waals surface area contributed by atoms with Crippen LogP contribution in [0.5, 0.6) is 0 Å². The number of benzene rings is 1. The van der Waals surface area contributed by atoms with Crippen LogP contribution in [0.3, 0.4) is 0 Å². The molecule has 7 aliphatic rings. The molecule has 5 fully saturated rings. The fraction of sp³-hybridized carbons (Fsp3) is 0.567. The minimum absolute atomic E-state index is 0.00597. The standard InChI is InChI=1S/C97H130N18O16/c1-61-14-10-9-11-15-62(2)82(125-7)50-76-22-17-63(3)88(129-76)87(120)93(122)115-29-13-12-16-77(115)94(123)130-75(49-78(116)65(5)45-66(6)80(118)51-79(117)64(4)44-61)23-19-67-20-24-81(83(47-67)126-8)131-97(124)107-55-69-53-103-95(104-54-69)113-37-35-111(36-38-113)84(119)27-40-127-42-43-128-41-39-110-31-33-112(34-32-110)96-105-57-74(58-106-96)92(121)114-30-26-70-46-68(18-21-72(70)59-114)52-101-91-85(89(99)108-60-109-91)86(98)73-48-71-25-28-100-90(71)102-56-73/h9-11,14-15,18,21,25,28,45-46,48,53-54,56-58,60-61,63-65,67,75-77,80-83,88,98,118H,12-13,16-17,19-20,22-24,26-27,29-44,47,49-52,55,59H2,1-8H3,(H,100,102)(H,107,124)(H3,99,101,108,109)/b11-9+,14-10+,62-15+,66-45+,98-86?/t61-,63-,64-,65-,67-,75-,76?,77+,80+,81-,82+,83-,88?/m1/s1. The highest BCUT2D eigenvalue weighted by atomic mass is 16.6. The summed E-state index contributed by atoms with van der Waals surface area (Å²) < 4.78 is 42.4. The van der Waals surface area contributed by atoms with E-state index in [2.05, 4.69) is 72.4 Å². The smallest absolute Gasteiger partial charge is 0.407 e. The van der Waals surface area contributed by atoms with Crippen LogP contribution in [-0.4, -0.2) is 279 Å². The van der Waals surface area contributed by atoms with Crippen LogP contribution >= 0.6 is 0 Å². The van der Waals surface area contributed by atoms with Crippen molar-refractivity contribution in [2.45, 2.75) is 213 Å². The number of amides is 4. The maximum absolute atomic E-state index is 14.6. The van der Waals surface area contributed by atoms with E-state index in [9.17, 15) is 43.5 Å². The number of nitrogen functional groups attached to an aromatic ring is 1. The Hall–Kier alpha value is -11.1. The number of ether oxygens (including phenoxy) is 7. The van der Waals surface area contributed by atoms with Gasteiger partial charge in [-0.2, -0.15) is 0 Å². The average Bonchev–Trinajstić information content (AvgIpc) is 1.71. The Morgan fingerprint density at radius 1 is 0.679 bits per heavy atom. The number of cyclic esters (lactones) is 1. The number of H-pyrrole nitrogens is 1. The molecule has 34 nitrogen and oxygen atoms in total. The molecular formula is C97H130N18O16. The third kappa shape index (κ3) is 26.6. The van der Waals surface area contributed by atoms with Crippen molar-refractivity contribution in [3.63, 3.8) is 0 Å². The largest absolute Gasteiger partial charge is 0.460 e. The summed E-state index contributed by atoms with van der Waals surface area (Å²) in [5.41, 5.74) is 14.0. The molecule has 131 heavy (non-hydrogen) atoms. The monoisotopic (exact) mass is 1800 g/mol. The topological polar surface area (TPSA) is 421 Å². The number of anilines is 4. The van der Waals surface area contributed by atoms with Gasteiger partial charge in [0.1, 0.15) is 59.5 Å². The van der Waals surface area contributed by atoms with E-state index in [0.717, 1.165) is 66.0 Å². The second-order valence-electron chi connectivity index (χ2n) is 36.1. The number of carbonyl (C=O) groups is 8. The number of fused-ring (bicyclic) bond motifs is 5. The number of hydrogen-bond acceptors (Lipinski definition) is 29. The van der Waals surface area contributed by atoms with Crippen LogP contribution in [0.1, 0.15) is 182 Å². The zero-order valence-electron chi connectivity index (χ0n) is 76.9. The fourth-order valence-electron chi connectivity index (χ4n) is 18.5. The van der Waals surface area contributed by atoms with Crippen molar-refractivity contribution >= 4 is 87.4 Å². The number of aromatic amines is 1. The van der Waals surface area contributed by atoms with Crippen LogP contribution < -0.4 is 26.2 Å². The molecule has 6 aromatic rings. The number of methoxy groups -OCH3 is 2. The van der Waals surface area contributed by atoms with E-state index in [-0.39, 0.29) is 123 Å². The highest BCUT2D eigenvalue weighted by molar-refractivity contribution is 6.38. The highest BCUT2D eigenvalue weighted by Crippen LogP contribution is 2.36. The number of alkyl carbamates (subject to hydrolysis) is 1. The van der Waals surface area contributed by atoms with Crippen molar-refractivity contribution in [1.29, 1.82) is 5.41 Å². The molecular weight excluding hydrogens is 1670 g/mol. The lowest BCUT2D eigenvalue weighted by molar-refractivity contribution is -0.169. The number of esters is 1. The number of nitrogens with zero attached hydrogens (tertiary/aromatic N) is 13. The molecule has 13 rings (SSSR count). The molecule has 34 heteroatoms. The number of aliphatic hydroxyl groups excluding tert-OH is 1. The van der Waals surface area contributed by atoms with Crippen molar-refractivity contribution < 1.29 is 76.6 Å². The Balaban J connectivity index is 0.492. The number of pyridine rings is 1. The number of nitrogens with two attached hydrogens (primary N) is 1. The van der Waals surface area contributed by atoms with Gasteiger partial charge in [0.05, 0.1) is 74.1 Å². The second kappa shape index (κ2) is 47.3. The summed E-state index contributed by atoms with van der Waals surface area (Å²) in [4.78, 5) is 158. The lowest BCUT2D eigenvalue weighted by atomic mass is 9.81. The Morgan fingerprint density at radius 2 is 1.42 bits per heavy atom. The Kier molecular flexibility index (Phi) is 35.2. The predicted molar refractivity (Wildman–Crippen MR) is 493 cm³/mol. The van der Waals surface area contributed by atoms with Crippen LogP contribution in [0, 0.1) is 35.0 Å². The molecule has 13 atom stereocenters. The molecule has 2 bridgehead atoms. The first-order valence-corrected chi connectivity index (χ1v) is 46.5. The molecule has 0 radical (unpaired) electrons. The van der Waals surface area contributed by atoms with Gasteiger partial charge in [-0.3, -0.25) is 39.1 Å². The minimum Gasteiger partial charge on any atom is -0.460 e. The Labute approximate surface area is 766 Å². The summed E-state index contributed by atoms with van der Waals surface area (Å²) in [5.74, 6) is -2.10. The number of aromatic nitrogens is 8. The fourth-order valence-corrected chi connectivity index (χ4v) is 18.5.